The minimum absolute atomic E-state index is 0. The largest absolute Gasteiger partial charge is 0.301 e. The Morgan fingerprint density at radius 2 is 1.39 bits per heavy atom. The van der Waals surface area contributed by atoms with Crippen LogP contribution in [0.1, 0.15) is 50.2 Å². The van der Waals surface area contributed by atoms with Crippen LogP contribution in [0, 0.1) is 17.6 Å². The Kier molecular flexibility index (Phi) is 11.8. The summed E-state index contributed by atoms with van der Waals surface area (Å²) in [6.45, 7) is 13.2. The Bertz CT molecular complexity index is 1190. The van der Waals surface area contributed by atoms with Gasteiger partial charge in [0.1, 0.15) is 11.6 Å². The van der Waals surface area contributed by atoms with E-state index in [4.69, 9.17) is 0 Å². The van der Waals surface area contributed by atoms with Crippen molar-refractivity contribution in [1.29, 1.82) is 0 Å². The number of halogens is 3. The molecule has 5 rings (SSSR count). The van der Waals surface area contributed by atoms with E-state index >= 15 is 0 Å². The first-order chi connectivity index (χ1) is 19.5. The van der Waals surface area contributed by atoms with Gasteiger partial charge in [0.15, 0.2) is 0 Å². The molecule has 3 aromatic rings. The molecule has 1 unspecified atom stereocenters. The van der Waals surface area contributed by atoms with Crippen LogP contribution in [0.5, 0.6) is 0 Å². The quantitative estimate of drug-likeness (QED) is 0.245. The minimum Gasteiger partial charge on any atom is -0.301 e. The van der Waals surface area contributed by atoms with E-state index < -0.39 is 0 Å². The van der Waals surface area contributed by atoms with Gasteiger partial charge >= 0.3 is 0 Å². The summed E-state index contributed by atoms with van der Waals surface area (Å²) in [7, 11) is 0. The van der Waals surface area contributed by atoms with E-state index in [9.17, 15) is 8.78 Å². The molecule has 0 saturated carbocycles. The van der Waals surface area contributed by atoms with Crippen molar-refractivity contribution in [3.05, 3.63) is 95.6 Å². The second-order valence-corrected chi connectivity index (χ2v) is 12.0. The van der Waals surface area contributed by atoms with Gasteiger partial charge in [-0.05, 0) is 118 Å². The van der Waals surface area contributed by atoms with Crippen molar-refractivity contribution < 1.29 is 8.78 Å². The molecule has 0 aliphatic carbocycles. The Balaban J connectivity index is 0.00000387. The maximum absolute atomic E-state index is 14.1. The van der Waals surface area contributed by atoms with E-state index in [1.165, 1.54) is 18.4 Å². The predicted octanol–water partition coefficient (Wildman–Crippen LogP) is 7.51. The number of likely N-dealkylation sites (tertiary alicyclic amines) is 1. The van der Waals surface area contributed by atoms with Crippen LogP contribution >= 0.6 is 12.4 Å². The summed E-state index contributed by atoms with van der Waals surface area (Å²) in [6, 6.07) is 23.4. The third-order valence-corrected chi connectivity index (χ3v) is 9.16. The summed E-state index contributed by atoms with van der Waals surface area (Å²) in [5, 5.41) is 0. The third-order valence-electron chi connectivity index (χ3n) is 9.16. The van der Waals surface area contributed by atoms with Crippen molar-refractivity contribution in [2.24, 2.45) is 5.92 Å². The number of benzene rings is 3. The molecule has 0 bridgehead atoms. The Labute approximate surface area is 252 Å². The van der Waals surface area contributed by atoms with Crippen LogP contribution in [-0.4, -0.2) is 73.1 Å². The van der Waals surface area contributed by atoms with Crippen LogP contribution in [0.25, 0.3) is 11.1 Å². The van der Waals surface area contributed by atoms with Gasteiger partial charge in [0.05, 0.1) is 0 Å². The topological polar surface area (TPSA) is 9.72 Å². The average molecular weight is 582 g/mol. The maximum Gasteiger partial charge on any atom is 0.123 e. The fourth-order valence-electron chi connectivity index (χ4n) is 6.71. The molecule has 2 fully saturated rings. The highest BCUT2D eigenvalue weighted by Gasteiger charge is 2.31. The highest BCUT2D eigenvalue weighted by molar-refractivity contribution is 5.85. The molecule has 6 heteroatoms. The van der Waals surface area contributed by atoms with E-state index in [1.54, 1.807) is 24.3 Å². The predicted molar refractivity (Wildman–Crippen MR) is 169 cm³/mol. The van der Waals surface area contributed by atoms with Crippen LogP contribution in [0.3, 0.4) is 0 Å². The molecule has 0 radical (unpaired) electrons. The van der Waals surface area contributed by atoms with Crippen LogP contribution < -0.4 is 0 Å². The van der Waals surface area contributed by atoms with Crippen molar-refractivity contribution in [1.82, 2.24) is 14.7 Å². The molecule has 1 atom stereocenters. The first kappa shape index (κ1) is 31.6. The molecular formula is C35H46ClF2N3. The van der Waals surface area contributed by atoms with Crippen molar-refractivity contribution in [3.63, 3.8) is 0 Å². The van der Waals surface area contributed by atoms with E-state index in [2.05, 4.69) is 40.7 Å². The first-order valence-electron chi connectivity index (χ1n) is 15.2. The molecule has 2 aliphatic rings. The smallest absolute Gasteiger partial charge is 0.123 e. The zero-order valence-corrected chi connectivity index (χ0v) is 25.5. The lowest BCUT2D eigenvalue weighted by atomic mass is 9.79. The van der Waals surface area contributed by atoms with E-state index in [1.807, 2.05) is 36.4 Å². The lowest BCUT2D eigenvalue weighted by Gasteiger charge is -2.41. The highest BCUT2D eigenvalue weighted by atomic mass is 35.5. The van der Waals surface area contributed by atoms with Gasteiger partial charge in [-0.3, -0.25) is 0 Å². The molecule has 3 nitrogen and oxygen atoms in total. The van der Waals surface area contributed by atoms with Gasteiger partial charge in [-0.15, -0.1) is 12.4 Å². The summed E-state index contributed by atoms with van der Waals surface area (Å²) in [5.41, 5.74) is 4.67. The van der Waals surface area contributed by atoms with Crippen LogP contribution in [0.2, 0.25) is 0 Å². The summed E-state index contributed by atoms with van der Waals surface area (Å²) in [6.07, 6.45) is 4.33. The molecule has 0 amide bonds. The van der Waals surface area contributed by atoms with Crippen LogP contribution in [-0.2, 0) is 6.42 Å². The van der Waals surface area contributed by atoms with Crippen molar-refractivity contribution in [3.8, 4) is 11.1 Å². The number of rotatable bonds is 10. The lowest BCUT2D eigenvalue weighted by Crippen LogP contribution is -2.49. The van der Waals surface area contributed by atoms with Gasteiger partial charge < -0.3 is 14.7 Å². The maximum atomic E-state index is 14.1. The van der Waals surface area contributed by atoms with Gasteiger partial charge in [-0.2, -0.15) is 0 Å². The van der Waals surface area contributed by atoms with E-state index in [-0.39, 0.29) is 24.0 Å². The molecule has 0 spiro atoms. The van der Waals surface area contributed by atoms with Gasteiger partial charge in [-0.1, -0.05) is 48.5 Å². The second kappa shape index (κ2) is 15.2. The number of aryl methyl sites for hydroxylation is 1. The Hall–Kier alpha value is -2.31. The number of nitrogens with zero attached hydrogens (tertiary/aromatic N) is 3. The van der Waals surface area contributed by atoms with Crippen LogP contribution in [0.15, 0.2) is 72.8 Å². The molecule has 2 saturated heterocycles. The Morgan fingerprint density at radius 1 is 0.756 bits per heavy atom. The molecule has 0 aromatic heterocycles. The third kappa shape index (κ3) is 8.61. The summed E-state index contributed by atoms with van der Waals surface area (Å²) in [4.78, 5) is 7.77. The first-order valence-corrected chi connectivity index (χ1v) is 15.2. The fourth-order valence-corrected chi connectivity index (χ4v) is 6.71. The SMILES string of the molecule is CC(C)N1CCC(C(CN2CCN(CCCc3cc(F)ccc3-c3ccccc3)CC2)c2ccc(F)cc2)CC1.Cl. The molecule has 222 valence electrons. The lowest BCUT2D eigenvalue weighted by molar-refractivity contribution is 0.0968. The Morgan fingerprint density at radius 3 is 2.05 bits per heavy atom. The standard InChI is InChI=1S/C35H45F2N3.ClH/c1-27(2)40-19-16-30(17-20-40)35(29-10-12-32(36)13-11-29)26-39-23-21-38(22-24-39)18-6-9-31-25-33(37)14-15-34(31)28-7-4-3-5-8-28;/h3-5,7-8,10-15,25,27,30,35H,6,9,16-24,26H2,1-2H3;1H. The number of hydrogen-bond donors (Lipinski definition) is 0. The van der Waals surface area contributed by atoms with Gasteiger partial charge in [-0.25, -0.2) is 8.78 Å². The zero-order valence-electron chi connectivity index (χ0n) is 24.7. The van der Waals surface area contributed by atoms with E-state index in [0.29, 0.717) is 17.9 Å². The monoisotopic (exact) mass is 581 g/mol. The molecule has 41 heavy (non-hydrogen) atoms. The number of piperidine rings is 1. The fraction of sp³-hybridized carbons (Fsp3) is 0.486. The van der Waals surface area contributed by atoms with Crippen molar-refractivity contribution in [2.45, 2.75) is 51.5 Å². The van der Waals surface area contributed by atoms with Gasteiger partial charge in [0.2, 0.25) is 0 Å². The van der Waals surface area contributed by atoms with Gasteiger partial charge in [0.25, 0.3) is 0 Å². The number of piperazine rings is 1. The molecule has 2 aliphatic heterocycles. The molecule has 3 aromatic carbocycles. The van der Waals surface area contributed by atoms with E-state index in [0.717, 1.165) is 81.9 Å². The average Bonchev–Trinajstić information content (AvgIpc) is 2.98. The molecular weight excluding hydrogens is 536 g/mol. The van der Waals surface area contributed by atoms with Crippen molar-refractivity contribution >= 4 is 12.4 Å². The summed E-state index contributed by atoms with van der Waals surface area (Å²) in [5.74, 6) is 0.781. The van der Waals surface area contributed by atoms with Crippen LogP contribution in [0.4, 0.5) is 8.78 Å². The summed E-state index contributed by atoms with van der Waals surface area (Å²) < 4.78 is 27.8. The molecule has 0 N–H and O–H groups in total. The minimum atomic E-state index is -0.158. The highest BCUT2D eigenvalue weighted by Crippen LogP contribution is 2.34. The van der Waals surface area contributed by atoms with Gasteiger partial charge in [0, 0.05) is 38.8 Å². The summed E-state index contributed by atoms with van der Waals surface area (Å²) >= 11 is 0. The van der Waals surface area contributed by atoms with Crippen molar-refractivity contribution in [2.75, 3.05) is 52.4 Å². The molecule has 2 heterocycles. The number of hydrogen-bond acceptors (Lipinski definition) is 3. The normalized spacial score (nSPS) is 18.4. The second-order valence-electron chi connectivity index (χ2n) is 12.0. The zero-order chi connectivity index (χ0) is 27.9.